The van der Waals surface area contributed by atoms with E-state index in [0.29, 0.717) is 6.92 Å². The zero-order valence-electron chi connectivity index (χ0n) is 13.6. The Balaban J connectivity index is 3.55. The quantitative estimate of drug-likeness (QED) is 0.792. The van der Waals surface area contributed by atoms with Crippen molar-refractivity contribution in [1.29, 1.82) is 0 Å². The molecule has 2 nitrogen and oxygen atoms in total. The van der Waals surface area contributed by atoms with Crippen LogP contribution in [0.4, 0.5) is 8.78 Å². The SMILES string of the molecule is C/C=C(C)\C=C\C1(O)C(C)=C(C(C)(F)F)C(=O)CC1(C)C. The maximum absolute atomic E-state index is 13.7. The second kappa shape index (κ2) is 5.48. The summed E-state index contributed by atoms with van der Waals surface area (Å²) >= 11 is 0. The lowest BCUT2D eigenvalue weighted by atomic mass is 9.62. The summed E-state index contributed by atoms with van der Waals surface area (Å²) in [6.45, 7) is 9.26. The van der Waals surface area contributed by atoms with Gasteiger partial charge in [0, 0.05) is 18.8 Å². The number of alkyl halides is 2. The van der Waals surface area contributed by atoms with Gasteiger partial charge in [0.2, 0.25) is 0 Å². The number of hydrogen-bond acceptors (Lipinski definition) is 2. The standard InChI is InChI=1S/C17H24F2O2/c1-7-11(2)8-9-17(21)12(3)14(16(6,18)19)13(20)10-15(17,4)5/h7-9,21H,10H2,1-6H3/b9-8+,11-7-. The second-order valence-corrected chi connectivity index (χ2v) is 6.50. The van der Waals surface area contributed by atoms with Crippen LogP contribution in [-0.2, 0) is 4.79 Å². The number of Topliss-reactive ketones (excluding diaryl/α,β-unsaturated/α-hetero) is 1. The molecule has 1 rings (SSSR count). The van der Waals surface area contributed by atoms with E-state index in [1.807, 2.05) is 19.9 Å². The lowest BCUT2D eigenvalue weighted by Crippen LogP contribution is -2.51. The Labute approximate surface area is 125 Å². The fraction of sp³-hybridized carbons (Fsp3) is 0.588. The number of carbonyl (C=O) groups is 1. The van der Waals surface area contributed by atoms with Gasteiger partial charge in [-0.15, -0.1) is 0 Å². The van der Waals surface area contributed by atoms with Gasteiger partial charge in [0.15, 0.2) is 5.78 Å². The van der Waals surface area contributed by atoms with Gasteiger partial charge < -0.3 is 5.11 Å². The highest BCUT2D eigenvalue weighted by Gasteiger charge is 2.53. The van der Waals surface area contributed by atoms with Gasteiger partial charge in [-0.25, -0.2) is 8.78 Å². The van der Waals surface area contributed by atoms with Gasteiger partial charge in [-0.05, 0) is 32.4 Å². The molecule has 0 amide bonds. The average Bonchev–Trinajstić information content (AvgIpc) is 2.31. The number of rotatable bonds is 3. The molecular formula is C17H24F2O2. The van der Waals surface area contributed by atoms with Crippen molar-refractivity contribution in [1.82, 2.24) is 0 Å². The van der Waals surface area contributed by atoms with Crippen LogP contribution >= 0.6 is 0 Å². The molecule has 0 aromatic heterocycles. The Morgan fingerprint density at radius 2 is 1.90 bits per heavy atom. The van der Waals surface area contributed by atoms with Gasteiger partial charge in [-0.1, -0.05) is 31.6 Å². The molecule has 21 heavy (non-hydrogen) atoms. The first kappa shape index (κ1) is 17.8. The third-order valence-corrected chi connectivity index (χ3v) is 4.34. The summed E-state index contributed by atoms with van der Waals surface area (Å²) in [6, 6.07) is 0. The van der Waals surface area contributed by atoms with Gasteiger partial charge in [0.05, 0.1) is 5.57 Å². The maximum Gasteiger partial charge on any atom is 0.274 e. The van der Waals surface area contributed by atoms with Crippen LogP contribution < -0.4 is 0 Å². The molecule has 0 spiro atoms. The van der Waals surface area contributed by atoms with Crippen LogP contribution in [0.25, 0.3) is 0 Å². The minimum Gasteiger partial charge on any atom is -0.381 e. The first-order valence-electron chi connectivity index (χ1n) is 7.04. The summed E-state index contributed by atoms with van der Waals surface area (Å²) in [7, 11) is 0. The fourth-order valence-corrected chi connectivity index (χ4v) is 2.80. The van der Waals surface area contributed by atoms with Crippen LogP contribution in [0.3, 0.4) is 0 Å². The predicted octanol–water partition coefficient (Wildman–Crippen LogP) is 4.21. The molecule has 0 bridgehead atoms. The monoisotopic (exact) mass is 298 g/mol. The lowest BCUT2D eigenvalue weighted by molar-refractivity contribution is -0.126. The van der Waals surface area contributed by atoms with E-state index < -0.39 is 28.3 Å². The first-order chi connectivity index (χ1) is 9.37. The Morgan fingerprint density at radius 1 is 1.38 bits per heavy atom. The average molecular weight is 298 g/mol. The Hall–Kier alpha value is -1.29. The number of allylic oxidation sites excluding steroid dienone is 4. The van der Waals surface area contributed by atoms with E-state index in [1.165, 1.54) is 13.0 Å². The van der Waals surface area contributed by atoms with Crippen LogP contribution in [0.5, 0.6) is 0 Å². The van der Waals surface area contributed by atoms with Gasteiger partial charge in [0.25, 0.3) is 5.92 Å². The molecule has 1 aliphatic rings. The lowest BCUT2D eigenvalue weighted by Gasteiger charge is -2.46. The van der Waals surface area contributed by atoms with E-state index in [-0.39, 0.29) is 12.0 Å². The molecule has 0 saturated heterocycles. The molecule has 0 aromatic carbocycles. The minimum absolute atomic E-state index is 0.0383. The Morgan fingerprint density at radius 3 is 2.33 bits per heavy atom. The van der Waals surface area contributed by atoms with E-state index in [9.17, 15) is 18.7 Å². The minimum atomic E-state index is -3.25. The van der Waals surface area contributed by atoms with E-state index in [1.54, 1.807) is 19.9 Å². The summed E-state index contributed by atoms with van der Waals surface area (Å²) in [5.41, 5.74) is -2.02. The van der Waals surface area contributed by atoms with Crippen molar-refractivity contribution in [3.8, 4) is 0 Å². The largest absolute Gasteiger partial charge is 0.381 e. The Kier molecular flexibility index (Phi) is 4.64. The van der Waals surface area contributed by atoms with Crippen molar-refractivity contribution in [2.45, 2.75) is 59.5 Å². The molecular weight excluding hydrogens is 274 g/mol. The van der Waals surface area contributed by atoms with Crippen LogP contribution in [0.1, 0.15) is 48.0 Å². The molecule has 0 heterocycles. The zero-order valence-corrected chi connectivity index (χ0v) is 13.6. The number of halogens is 2. The summed E-state index contributed by atoms with van der Waals surface area (Å²) in [5.74, 6) is -3.85. The molecule has 0 saturated carbocycles. The number of hydrogen-bond donors (Lipinski definition) is 1. The van der Waals surface area contributed by atoms with Crippen molar-refractivity contribution in [2.24, 2.45) is 5.41 Å². The van der Waals surface area contributed by atoms with Crippen LogP contribution in [0.2, 0.25) is 0 Å². The van der Waals surface area contributed by atoms with Gasteiger partial charge in [-0.2, -0.15) is 0 Å². The van der Waals surface area contributed by atoms with Crippen molar-refractivity contribution in [2.75, 3.05) is 0 Å². The van der Waals surface area contributed by atoms with Gasteiger partial charge in [-0.3, -0.25) is 4.79 Å². The molecule has 0 aromatic rings. The molecule has 1 aliphatic carbocycles. The molecule has 0 radical (unpaired) electrons. The summed E-state index contributed by atoms with van der Waals surface area (Å²) in [5, 5.41) is 11.0. The van der Waals surface area contributed by atoms with E-state index in [4.69, 9.17) is 0 Å². The van der Waals surface area contributed by atoms with Gasteiger partial charge >= 0.3 is 0 Å². The fourth-order valence-electron chi connectivity index (χ4n) is 2.80. The Bertz CT molecular complexity index is 533. The van der Waals surface area contributed by atoms with Crippen LogP contribution in [0.15, 0.2) is 34.9 Å². The van der Waals surface area contributed by atoms with E-state index >= 15 is 0 Å². The zero-order chi connectivity index (χ0) is 16.6. The third kappa shape index (κ3) is 3.15. The molecule has 118 valence electrons. The van der Waals surface area contributed by atoms with Crippen molar-refractivity contribution >= 4 is 5.78 Å². The predicted molar refractivity (Wildman–Crippen MR) is 80.2 cm³/mol. The highest BCUT2D eigenvalue weighted by atomic mass is 19.3. The summed E-state index contributed by atoms with van der Waals surface area (Å²) in [4.78, 5) is 12.1. The highest BCUT2D eigenvalue weighted by molar-refractivity contribution is 5.99. The van der Waals surface area contributed by atoms with Crippen LogP contribution in [0, 0.1) is 5.41 Å². The number of carbonyl (C=O) groups excluding carboxylic acids is 1. The molecule has 1 N–H and O–H groups in total. The topological polar surface area (TPSA) is 37.3 Å². The number of aliphatic hydroxyl groups is 1. The van der Waals surface area contributed by atoms with Gasteiger partial charge in [0.1, 0.15) is 5.60 Å². The first-order valence-corrected chi connectivity index (χ1v) is 7.04. The molecule has 0 aliphatic heterocycles. The molecule has 1 unspecified atom stereocenters. The van der Waals surface area contributed by atoms with Crippen LogP contribution in [-0.4, -0.2) is 22.4 Å². The smallest absolute Gasteiger partial charge is 0.274 e. The molecule has 1 atom stereocenters. The second-order valence-electron chi connectivity index (χ2n) is 6.50. The summed E-state index contributed by atoms with van der Waals surface area (Å²) in [6.07, 6.45) is 4.97. The van der Waals surface area contributed by atoms with Crippen molar-refractivity contribution in [3.63, 3.8) is 0 Å². The highest BCUT2D eigenvalue weighted by Crippen LogP contribution is 2.49. The normalized spacial score (nSPS) is 27.7. The molecule has 4 heteroatoms. The van der Waals surface area contributed by atoms with E-state index in [2.05, 4.69) is 0 Å². The third-order valence-electron chi connectivity index (χ3n) is 4.34. The van der Waals surface area contributed by atoms with E-state index in [0.717, 1.165) is 5.57 Å². The summed E-state index contributed by atoms with van der Waals surface area (Å²) < 4.78 is 27.5. The van der Waals surface area contributed by atoms with Crippen molar-refractivity contribution < 1.29 is 18.7 Å². The van der Waals surface area contributed by atoms with Crippen molar-refractivity contribution in [3.05, 3.63) is 34.9 Å². The maximum atomic E-state index is 13.7. The number of ketones is 1. The molecule has 0 fully saturated rings.